The first-order chi connectivity index (χ1) is 13.8. The molecule has 0 saturated carbocycles. The molecule has 1 aromatic heterocycles. The Bertz CT molecular complexity index is 860. The molecule has 1 unspecified atom stereocenters. The highest BCUT2D eigenvalue weighted by atomic mass is 16.2. The van der Waals surface area contributed by atoms with Crippen LogP contribution in [-0.4, -0.2) is 62.1 Å². The lowest BCUT2D eigenvalue weighted by atomic mass is 10.0. The number of benzene rings is 2. The van der Waals surface area contributed by atoms with Gasteiger partial charge >= 0.3 is 0 Å². The van der Waals surface area contributed by atoms with Gasteiger partial charge in [-0.15, -0.1) is 5.10 Å². The third-order valence-corrected chi connectivity index (χ3v) is 5.17. The summed E-state index contributed by atoms with van der Waals surface area (Å²) in [5, 5.41) is 11.4. The molecule has 7 heteroatoms. The number of carbonyl (C=O) groups excluding carboxylic acids is 1. The highest BCUT2D eigenvalue weighted by molar-refractivity contribution is 5.80. The van der Waals surface area contributed by atoms with E-state index < -0.39 is 6.04 Å². The monoisotopic (exact) mass is 376 g/mol. The second-order valence-corrected chi connectivity index (χ2v) is 7.08. The molecule has 1 aliphatic rings. The van der Waals surface area contributed by atoms with Crippen molar-refractivity contribution in [2.45, 2.75) is 19.0 Å². The number of carbonyl (C=O) groups is 1. The van der Waals surface area contributed by atoms with Crippen LogP contribution in [0.25, 0.3) is 0 Å². The number of rotatable bonds is 6. The zero-order chi connectivity index (χ0) is 19.2. The number of amides is 1. The molecule has 1 fully saturated rings. The van der Waals surface area contributed by atoms with Gasteiger partial charge in [-0.25, -0.2) is 4.68 Å². The van der Waals surface area contributed by atoms with E-state index in [0.717, 1.165) is 38.3 Å². The highest BCUT2D eigenvalue weighted by Crippen LogP contribution is 2.18. The van der Waals surface area contributed by atoms with Gasteiger partial charge in [-0.2, -0.15) is 0 Å². The molecular formula is C21H24N6O. The lowest BCUT2D eigenvalue weighted by molar-refractivity contribution is -0.137. The molecule has 1 atom stereocenters. The van der Waals surface area contributed by atoms with E-state index in [-0.39, 0.29) is 5.91 Å². The second kappa shape index (κ2) is 8.75. The van der Waals surface area contributed by atoms with Crippen molar-refractivity contribution in [1.29, 1.82) is 0 Å². The molecule has 1 aliphatic heterocycles. The molecule has 0 bridgehead atoms. The molecule has 7 nitrogen and oxygen atoms in total. The molecule has 28 heavy (non-hydrogen) atoms. The highest BCUT2D eigenvalue weighted by Gasteiger charge is 2.29. The number of hydrogen-bond acceptors (Lipinski definition) is 5. The predicted octanol–water partition coefficient (Wildman–Crippen LogP) is 1.80. The zero-order valence-corrected chi connectivity index (χ0v) is 15.8. The molecule has 0 spiro atoms. The Labute approximate surface area is 164 Å². The van der Waals surface area contributed by atoms with E-state index in [4.69, 9.17) is 0 Å². The lowest BCUT2D eigenvalue weighted by Crippen LogP contribution is -2.50. The lowest BCUT2D eigenvalue weighted by Gasteiger charge is -2.36. The van der Waals surface area contributed by atoms with Gasteiger partial charge in [-0.05, 0) is 21.6 Å². The summed E-state index contributed by atoms with van der Waals surface area (Å²) in [6, 6.07) is 20.0. The Kier molecular flexibility index (Phi) is 5.72. The van der Waals surface area contributed by atoms with E-state index in [9.17, 15) is 4.79 Å². The largest absolute Gasteiger partial charge is 0.338 e. The Morgan fingerprint density at radius 2 is 1.54 bits per heavy atom. The third kappa shape index (κ3) is 4.43. The van der Waals surface area contributed by atoms with Gasteiger partial charge in [0.15, 0.2) is 0 Å². The summed E-state index contributed by atoms with van der Waals surface area (Å²) in [5.41, 5.74) is 2.40. The van der Waals surface area contributed by atoms with Gasteiger partial charge in [0.2, 0.25) is 5.91 Å². The van der Waals surface area contributed by atoms with Gasteiger partial charge < -0.3 is 4.90 Å². The summed E-state index contributed by atoms with van der Waals surface area (Å²) in [5.74, 6) is 0.0792. The van der Waals surface area contributed by atoms with Crippen molar-refractivity contribution >= 4 is 5.91 Å². The van der Waals surface area contributed by atoms with Crippen molar-refractivity contribution in [1.82, 2.24) is 30.0 Å². The molecule has 4 rings (SSSR count). The normalized spacial score (nSPS) is 16.1. The quantitative estimate of drug-likeness (QED) is 0.656. The molecular weight excluding hydrogens is 352 g/mol. The number of tetrazole rings is 1. The molecule has 2 aromatic carbocycles. The Morgan fingerprint density at radius 3 is 2.14 bits per heavy atom. The van der Waals surface area contributed by atoms with E-state index in [2.05, 4.69) is 44.7 Å². The zero-order valence-electron chi connectivity index (χ0n) is 15.8. The summed E-state index contributed by atoms with van der Waals surface area (Å²) in [4.78, 5) is 17.6. The molecule has 0 aliphatic carbocycles. The van der Waals surface area contributed by atoms with Crippen LogP contribution < -0.4 is 0 Å². The fraction of sp³-hybridized carbons (Fsp3) is 0.333. The maximum atomic E-state index is 13.3. The third-order valence-electron chi connectivity index (χ3n) is 5.17. The fourth-order valence-corrected chi connectivity index (χ4v) is 3.62. The average Bonchev–Trinajstić information content (AvgIpc) is 3.28. The molecule has 1 amide bonds. The summed E-state index contributed by atoms with van der Waals surface area (Å²) in [6.45, 7) is 4.10. The number of piperazine rings is 1. The maximum Gasteiger partial charge on any atom is 0.248 e. The van der Waals surface area contributed by atoms with Crippen LogP contribution in [0.1, 0.15) is 17.2 Å². The van der Waals surface area contributed by atoms with Crippen LogP contribution in [0.3, 0.4) is 0 Å². The first kappa shape index (κ1) is 18.3. The summed E-state index contributed by atoms with van der Waals surface area (Å²) >= 11 is 0. The Morgan fingerprint density at radius 1 is 0.893 bits per heavy atom. The summed E-state index contributed by atoms with van der Waals surface area (Å²) in [7, 11) is 0. The minimum Gasteiger partial charge on any atom is -0.338 e. The van der Waals surface area contributed by atoms with Crippen molar-refractivity contribution in [2.24, 2.45) is 0 Å². The SMILES string of the molecule is O=C(C(Cc1ccccc1)n1cnnn1)N1CCN(Cc2ccccc2)CC1. The van der Waals surface area contributed by atoms with E-state index in [1.807, 2.05) is 41.3 Å². The summed E-state index contributed by atoms with van der Waals surface area (Å²) in [6.07, 6.45) is 2.10. The minimum absolute atomic E-state index is 0.0792. The fourth-order valence-electron chi connectivity index (χ4n) is 3.62. The van der Waals surface area contributed by atoms with Crippen LogP contribution in [0, 0.1) is 0 Å². The Hall–Kier alpha value is -3.06. The van der Waals surface area contributed by atoms with Crippen LogP contribution in [0.4, 0.5) is 0 Å². The Balaban J connectivity index is 1.40. The van der Waals surface area contributed by atoms with E-state index >= 15 is 0 Å². The maximum absolute atomic E-state index is 13.3. The smallest absolute Gasteiger partial charge is 0.248 e. The van der Waals surface area contributed by atoms with Gasteiger partial charge in [0.25, 0.3) is 0 Å². The molecule has 144 valence electrons. The molecule has 0 radical (unpaired) electrons. The molecule has 2 heterocycles. The number of nitrogens with zero attached hydrogens (tertiary/aromatic N) is 6. The van der Waals surface area contributed by atoms with Gasteiger partial charge in [-0.1, -0.05) is 60.7 Å². The van der Waals surface area contributed by atoms with Crippen LogP contribution in [0.5, 0.6) is 0 Å². The number of hydrogen-bond donors (Lipinski definition) is 0. The van der Waals surface area contributed by atoms with Gasteiger partial charge in [-0.3, -0.25) is 9.69 Å². The predicted molar refractivity (Wildman–Crippen MR) is 105 cm³/mol. The van der Waals surface area contributed by atoms with E-state index in [1.165, 1.54) is 11.9 Å². The summed E-state index contributed by atoms with van der Waals surface area (Å²) < 4.78 is 1.58. The average molecular weight is 376 g/mol. The van der Waals surface area contributed by atoms with Gasteiger partial charge in [0.1, 0.15) is 12.4 Å². The second-order valence-electron chi connectivity index (χ2n) is 7.08. The molecule has 3 aromatic rings. The van der Waals surface area contributed by atoms with Crippen LogP contribution in [0.2, 0.25) is 0 Å². The standard InChI is InChI=1S/C21H24N6O/c28-21(20(27-17-22-23-24-27)15-18-7-3-1-4-8-18)26-13-11-25(12-14-26)16-19-9-5-2-6-10-19/h1-10,17,20H,11-16H2. The molecule has 0 N–H and O–H groups in total. The first-order valence-corrected chi connectivity index (χ1v) is 9.61. The van der Waals surface area contributed by atoms with Gasteiger partial charge in [0, 0.05) is 39.1 Å². The van der Waals surface area contributed by atoms with Crippen molar-refractivity contribution < 1.29 is 4.79 Å². The minimum atomic E-state index is -0.418. The van der Waals surface area contributed by atoms with E-state index in [0.29, 0.717) is 6.42 Å². The first-order valence-electron chi connectivity index (χ1n) is 9.61. The van der Waals surface area contributed by atoms with Crippen LogP contribution in [0.15, 0.2) is 67.0 Å². The van der Waals surface area contributed by atoms with Crippen LogP contribution >= 0.6 is 0 Å². The topological polar surface area (TPSA) is 67.2 Å². The van der Waals surface area contributed by atoms with Crippen LogP contribution in [-0.2, 0) is 17.8 Å². The van der Waals surface area contributed by atoms with Crippen molar-refractivity contribution in [3.63, 3.8) is 0 Å². The molecule has 1 saturated heterocycles. The van der Waals surface area contributed by atoms with Crippen molar-refractivity contribution in [3.8, 4) is 0 Å². The van der Waals surface area contributed by atoms with E-state index in [1.54, 1.807) is 4.68 Å². The number of aromatic nitrogens is 4. The van der Waals surface area contributed by atoms with Crippen molar-refractivity contribution in [3.05, 3.63) is 78.1 Å². The van der Waals surface area contributed by atoms with Gasteiger partial charge in [0.05, 0.1) is 0 Å². The van der Waals surface area contributed by atoms with Crippen molar-refractivity contribution in [2.75, 3.05) is 26.2 Å².